The van der Waals surface area contributed by atoms with Crippen molar-refractivity contribution in [3.63, 3.8) is 0 Å². The topological polar surface area (TPSA) is 33.5 Å². The number of ether oxygens (including phenoxy) is 1. The Morgan fingerprint density at radius 3 is 1.83 bits per heavy atom. The second-order valence-corrected chi connectivity index (χ2v) is 21.3. The Morgan fingerprint density at radius 2 is 1.16 bits per heavy atom. The van der Waals surface area contributed by atoms with E-state index in [9.17, 15) is 0 Å². The monoisotopic (exact) mass is 1020 g/mol. The van der Waals surface area contributed by atoms with Gasteiger partial charge < -0.3 is 19.1 Å². The Labute approximate surface area is 395 Å². The Hall–Kier alpha value is -5.64. The van der Waals surface area contributed by atoms with E-state index in [4.69, 9.17) is 9.72 Å². The second kappa shape index (κ2) is 16.4. The van der Waals surface area contributed by atoms with Crippen LogP contribution in [0.1, 0.15) is 105 Å². The van der Waals surface area contributed by atoms with Crippen molar-refractivity contribution in [2.24, 2.45) is 0 Å². The van der Waals surface area contributed by atoms with E-state index in [-0.39, 0.29) is 42.7 Å². The average molecular weight is 1020 g/mol. The van der Waals surface area contributed by atoms with Crippen molar-refractivity contribution in [2.75, 3.05) is 9.80 Å². The summed E-state index contributed by atoms with van der Waals surface area (Å²) >= 11 is 0. The summed E-state index contributed by atoms with van der Waals surface area (Å²) in [7, 11) is 0. The molecule has 0 bridgehead atoms. The van der Waals surface area contributed by atoms with E-state index >= 15 is 0 Å². The first kappa shape index (κ1) is 44.9. The summed E-state index contributed by atoms with van der Waals surface area (Å²) in [6, 6.07) is 53.1. The number of benzene rings is 6. The Morgan fingerprint density at radius 1 is 0.500 bits per heavy atom. The third kappa shape index (κ3) is 8.64. The maximum Gasteiger partial charge on any atom is 0.135 e. The Balaban J connectivity index is 0.00000560. The molecule has 1 aliphatic heterocycles. The molecule has 0 saturated heterocycles. The van der Waals surface area contributed by atoms with E-state index < -0.39 is 0 Å². The van der Waals surface area contributed by atoms with Crippen molar-refractivity contribution in [3.8, 4) is 28.4 Å². The van der Waals surface area contributed by atoms with E-state index in [1.807, 2.05) is 24.4 Å². The molecule has 1 aliphatic rings. The summed E-state index contributed by atoms with van der Waals surface area (Å²) in [5.41, 5.74) is 13.6. The van der Waals surface area contributed by atoms with E-state index in [1.165, 1.54) is 27.8 Å². The minimum atomic E-state index is -0.0414. The maximum atomic E-state index is 6.73. The van der Waals surface area contributed by atoms with E-state index in [2.05, 4.69) is 225 Å². The predicted octanol–water partition coefficient (Wildman–Crippen LogP) is 15.8. The van der Waals surface area contributed by atoms with E-state index in [0.29, 0.717) is 11.5 Å². The van der Waals surface area contributed by atoms with Gasteiger partial charge in [-0.15, -0.1) is 48.1 Å². The van der Waals surface area contributed by atoms with Crippen LogP contribution in [0.25, 0.3) is 38.8 Å². The van der Waals surface area contributed by atoms with Crippen LogP contribution in [0.3, 0.4) is 0 Å². The van der Waals surface area contributed by atoms with Crippen LogP contribution < -0.4 is 14.5 Å². The fourth-order valence-electron chi connectivity index (χ4n) is 8.43. The zero-order valence-electron chi connectivity index (χ0n) is 39.3. The van der Waals surface area contributed by atoms with Crippen molar-refractivity contribution in [1.29, 1.82) is 0 Å². The maximum absolute atomic E-state index is 6.73. The van der Waals surface area contributed by atoms with Gasteiger partial charge in [0.05, 0.1) is 0 Å². The SMILES string of the molecule is CC(C)(C)c1cc(N2[CH-]N(c3[c-]c(Oc4[c-]c5c(cc4)c4cc(-c6ccccc6)ccc4n5-c4cc(C(C)(C)C)ccn4)ccc3)c3cc(C(C)(C)C)ccc32)cc(C(C)(C)C)c1.[Pt]. The summed E-state index contributed by atoms with van der Waals surface area (Å²) in [5.74, 6) is 2.06. The molecule has 2 aromatic heterocycles. The van der Waals surface area contributed by atoms with Gasteiger partial charge in [0.1, 0.15) is 5.82 Å². The second-order valence-electron chi connectivity index (χ2n) is 21.3. The molecule has 6 heteroatoms. The molecule has 0 radical (unpaired) electrons. The molecule has 0 saturated carbocycles. The van der Waals surface area contributed by atoms with Gasteiger partial charge in [-0.2, -0.15) is 12.1 Å². The zero-order valence-corrected chi connectivity index (χ0v) is 41.6. The predicted molar refractivity (Wildman–Crippen MR) is 264 cm³/mol. The van der Waals surface area contributed by atoms with Crippen LogP contribution in [0.15, 0.2) is 134 Å². The van der Waals surface area contributed by atoms with Gasteiger partial charge >= 0.3 is 0 Å². The van der Waals surface area contributed by atoms with Crippen molar-refractivity contribution in [1.82, 2.24) is 9.55 Å². The normalized spacial score (nSPS) is 13.4. The van der Waals surface area contributed by atoms with Gasteiger partial charge in [0.15, 0.2) is 0 Å². The Bertz CT molecular complexity index is 2980. The van der Waals surface area contributed by atoms with Crippen LogP contribution in [0.5, 0.6) is 11.5 Å². The number of hydrogen-bond acceptors (Lipinski definition) is 4. The first-order chi connectivity index (χ1) is 29.7. The zero-order chi connectivity index (χ0) is 44.6. The van der Waals surface area contributed by atoms with Crippen molar-refractivity contribution in [3.05, 3.63) is 175 Å². The minimum Gasteiger partial charge on any atom is -0.509 e. The summed E-state index contributed by atoms with van der Waals surface area (Å²) < 4.78 is 8.95. The molecule has 3 heterocycles. The molecule has 8 aromatic rings. The summed E-state index contributed by atoms with van der Waals surface area (Å²) in [6.07, 6.45) is 1.91. The standard InChI is InChI=1S/C58H59N4O.Pt/c1-55(2,3)40-22-26-51-53(33-40)60(37-61(51)45-31-42(57(7,8)9)30-43(32-45)58(10,11)12)44-19-16-20-46(35-44)63-47-23-24-48-49-29-39(38-17-14-13-15-18-38)21-25-50(49)62(52(48)36-47)54-34-41(27-28-59-54)56(4,5)6;/h13-34,37H,1-12H3;/q-3;. The van der Waals surface area contributed by atoms with Crippen LogP contribution in [-0.2, 0) is 42.7 Å². The summed E-state index contributed by atoms with van der Waals surface area (Å²) in [6.45, 7) is 29.5. The van der Waals surface area contributed by atoms with Crippen LogP contribution in [-0.4, -0.2) is 9.55 Å². The number of aromatic nitrogens is 2. The number of anilines is 4. The van der Waals surface area contributed by atoms with Crippen LogP contribution in [0.2, 0.25) is 0 Å². The molecule has 9 rings (SSSR count). The van der Waals surface area contributed by atoms with Gasteiger partial charge in [-0.3, -0.25) is 0 Å². The largest absolute Gasteiger partial charge is 0.509 e. The van der Waals surface area contributed by atoms with Crippen molar-refractivity contribution >= 4 is 44.6 Å². The van der Waals surface area contributed by atoms with E-state index in [0.717, 1.165) is 55.9 Å². The van der Waals surface area contributed by atoms with Crippen molar-refractivity contribution in [2.45, 2.75) is 105 Å². The molecule has 0 amide bonds. The molecule has 0 fully saturated rings. The number of hydrogen-bond donors (Lipinski definition) is 0. The molecule has 0 spiro atoms. The molecule has 6 aromatic carbocycles. The molecule has 64 heavy (non-hydrogen) atoms. The summed E-state index contributed by atoms with van der Waals surface area (Å²) in [4.78, 5) is 9.51. The fourth-order valence-corrected chi connectivity index (χ4v) is 8.43. The molecule has 0 atom stereocenters. The first-order valence-corrected chi connectivity index (χ1v) is 22.2. The number of pyridine rings is 1. The third-order valence-corrected chi connectivity index (χ3v) is 12.3. The van der Waals surface area contributed by atoms with Gasteiger partial charge in [0, 0.05) is 61.3 Å². The van der Waals surface area contributed by atoms with E-state index in [1.54, 1.807) is 0 Å². The quantitative estimate of drug-likeness (QED) is 0.155. The minimum absolute atomic E-state index is 0. The smallest absolute Gasteiger partial charge is 0.135 e. The van der Waals surface area contributed by atoms with Gasteiger partial charge in [0.2, 0.25) is 0 Å². The third-order valence-electron chi connectivity index (χ3n) is 12.3. The first-order valence-electron chi connectivity index (χ1n) is 22.2. The molecule has 330 valence electrons. The number of fused-ring (bicyclic) bond motifs is 4. The molecular formula is C58H59N4OPt-3. The van der Waals surface area contributed by atoms with Crippen LogP contribution >= 0.6 is 0 Å². The Kier molecular flexibility index (Phi) is 11.5. The van der Waals surface area contributed by atoms with Gasteiger partial charge in [0.25, 0.3) is 0 Å². The van der Waals surface area contributed by atoms with Gasteiger partial charge in [-0.25, -0.2) is 4.98 Å². The number of rotatable bonds is 6. The molecule has 0 aliphatic carbocycles. The number of nitrogens with zero attached hydrogens (tertiary/aromatic N) is 4. The molecular weight excluding hydrogens is 964 g/mol. The van der Waals surface area contributed by atoms with Gasteiger partial charge in [-0.1, -0.05) is 143 Å². The molecule has 5 nitrogen and oxygen atoms in total. The van der Waals surface area contributed by atoms with Gasteiger partial charge in [-0.05, 0) is 103 Å². The molecule has 0 unspecified atom stereocenters. The average Bonchev–Trinajstić information content (AvgIpc) is 3.78. The fraction of sp³-hybridized carbons (Fsp3) is 0.276. The van der Waals surface area contributed by atoms with Crippen LogP contribution in [0, 0.1) is 18.8 Å². The molecule has 0 N–H and O–H groups in total. The van der Waals surface area contributed by atoms with Crippen molar-refractivity contribution < 1.29 is 25.8 Å². The van der Waals surface area contributed by atoms with Crippen LogP contribution in [0.4, 0.5) is 22.7 Å². The summed E-state index contributed by atoms with van der Waals surface area (Å²) in [5, 5.41) is 2.22.